The maximum Gasteiger partial charge on any atom is 0.239 e. The largest absolute Gasteiger partial charge is 0.490 e. The molecule has 1 amide bonds. The van der Waals surface area contributed by atoms with Gasteiger partial charge in [0.2, 0.25) is 11.8 Å². The van der Waals surface area contributed by atoms with Crippen LogP contribution in [0.5, 0.6) is 17.4 Å². The summed E-state index contributed by atoms with van der Waals surface area (Å²) in [7, 11) is 1.65. The van der Waals surface area contributed by atoms with Crippen LogP contribution in [0, 0.1) is 0 Å². The summed E-state index contributed by atoms with van der Waals surface area (Å²) < 4.78 is 11.4. The Balaban J connectivity index is 0.00000480. The van der Waals surface area contributed by atoms with Crippen LogP contribution in [0.25, 0.3) is 0 Å². The first-order valence-electron chi connectivity index (χ1n) is 9.91. The number of halogens is 1. The van der Waals surface area contributed by atoms with Crippen LogP contribution in [0.15, 0.2) is 47.6 Å². The first kappa shape index (κ1) is 26.5. The van der Waals surface area contributed by atoms with Crippen molar-refractivity contribution in [3.05, 3.63) is 48.2 Å². The van der Waals surface area contributed by atoms with E-state index in [0.717, 1.165) is 5.56 Å². The zero-order valence-electron chi connectivity index (χ0n) is 18.7. The fourth-order valence-corrected chi connectivity index (χ4v) is 2.53. The first-order chi connectivity index (χ1) is 14.3. The highest BCUT2D eigenvalue weighted by Crippen LogP contribution is 2.30. The van der Waals surface area contributed by atoms with Crippen molar-refractivity contribution in [1.29, 1.82) is 0 Å². The molecule has 1 aromatic carbocycles. The highest BCUT2D eigenvalue weighted by molar-refractivity contribution is 14.0. The Labute approximate surface area is 201 Å². The molecule has 3 N–H and O–H groups in total. The van der Waals surface area contributed by atoms with Crippen LogP contribution < -0.4 is 25.4 Å². The van der Waals surface area contributed by atoms with Crippen LogP contribution >= 0.6 is 24.0 Å². The molecule has 0 saturated carbocycles. The number of carbonyl (C=O) groups excluding carboxylic acids is 1. The molecule has 0 spiro atoms. The van der Waals surface area contributed by atoms with Gasteiger partial charge in [0.15, 0.2) is 17.5 Å². The average Bonchev–Trinajstić information content (AvgIpc) is 2.69. The van der Waals surface area contributed by atoms with Gasteiger partial charge in [-0.05, 0) is 45.4 Å². The lowest BCUT2D eigenvalue weighted by Crippen LogP contribution is -2.48. The molecule has 2 aromatic rings. The smallest absolute Gasteiger partial charge is 0.239 e. The predicted octanol–water partition coefficient (Wildman–Crippen LogP) is 3.47. The van der Waals surface area contributed by atoms with Crippen molar-refractivity contribution in [2.75, 3.05) is 20.2 Å². The van der Waals surface area contributed by atoms with Gasteiger partial charge in [-0.2, -0.15) is 0 Å². The number of pyridine rings is 1. The van der Waals surface area contributed by atoms with Crippen LogP contribution in [0.4, 0.5) is 0 Å². The number of nitrogens with one attached hydrogen (secondary N) is 3. The van der Waals surface area contributed by atoms with Gasteiger partial charge >= 0.3 is 0 Å². The summed E-state index contributed by atoms with van der Waals surface area (Å²) in [6.07, 6.45) is 1.73. The standard InChI is InChI=1S/C22H31N5O3.HI/c1-6-29-17-9-7-8-10-18(17)30-20-12-11-16(13-24-20)14-25-21(23-5)26-15-19(28)27-22(2,3)4;/h7-13H,6,14-15H2,1-5H3,(H,27,28)(H2,23,25,26);1H. The molecular formula is C22H32IN5O3. The Kier molecular flexibility index (Phi) is 11.1. The van der Waals surface area contributed by atoms with E-state index in [9.17, 15) is 4.79 Å². The second kappa shape index (κ2) is 13.0. The number of hydrogen-bond acceptors (Lipinski definition) is 5. The molecule has 0 radical (unpaired) electrons. The molecule has 0 unspecified atom stereocenters. The van der Waals surface area contributed by atoms with E-state index in [0.29, 0.717) is 36.5 Å². The maximum atomic E-state index is 11.9. The molecule has 9 heteroatoms. The van der Waals surface area contributed by atoms with E-state index in [-0.39, 0.29) is 42.0 Å². The molecule has 0 aliphatic heterocycles. The number of aromatic nitrogens is 1. The van der Waals surface area contributed by atoms with Gasteiger partial charge in [-0.1, -0.05) is 18.2 Å². The minimum absolute atomic E-state index is 0. The van der Waals surface area contributed by atoms with Crippen molar-refractivity contribution >= 4 is 35.8 Å². The minimum atomic E-state index is -0.269. The maximum absolute atomic E-state index is 11.9. The number of amides is 1. The quantitative estimate of drug-likeness (QED) is 0.269. The van der Waals surface area contributed by atoms with Gasteiger partial charge in [-0.15, -0.1) is 24.0 Å². The molecule has 8 nitrogen and oxygen atoms in total. The summed E-state index contributed by atoms with van der Waals surface area (Å²) in [6.45, 7) is 8.95. The third-order valence-electron chi connectivity index (χ3n) is 3.78. The molecule has 0 saturated heterocycles. The molecule has 2 rings (SSSR count). The monoisotopic (exact) mass is 541 g/mol. The Morgan fingerprint density at radius 1 is 1.10 bits per heavy atom. The summed E-state index contributed by atoms with van der Waals surface area (Å²) in [4.78, 5) is 20.4. The zero-order chi connectivity index (χ0) is 22.0. The average molecular weight is 541 g/mol. The number of ether oxygens (including phenoxy) is 2. The summed E-state index contributed by atoms with van der Waals surface area (Å²) in [5.41, 5.74) is 0.677. The third-order valence-corrected chi connectivity index (χ3v) is 3.78. The van der Waals surface area contributed by atoms with Crippen LogP contribution in [0.2, 0.25) is 0 Å². The number of aliphatic imine (C=N–C) groups is 1. The van der Waals surface area contributed by atoms with Gasteiger partial charge in [0.05, 0.1) is 13.2 Å². The molecule has 0 bridgehead atoms. The van der Waals surface area contributed by atoms with Gasteiger partial charge in [0, 0.05) is 31.4 Å². The van der Waals surface area contributed by atoms with E-state index in [2.05, 4.69) is 25.9 Å². The van der Waals surface area contributed by atoms with Crippen molar-refractivity contribution in [2.45, 2.75) is 39.8 Å². The van der Waals surface area contributed by atoms with Crippen molar-refractivity contribution in [1.82, 2.24) is 20.9 Å². The van der Waals surface area contributed by atoms with Gasteiger partial charge in [-0.25, -0.2) is 4.98 Å². The number of guanidine groups is 1. The number of carbonyl (C=O) groups is 1. The predicted molar refractivity (Wildman–Crippen MR) is 133 cm³/mol. The number of para-hydroxylation sites is 2. The topological polar surface area (TPSA) is 96.9 Å². The Morgan fingerprint density at radius 2 is 1.81 bits per heavy atom. The molecule has 170 valence electrons. The summed E-state index contributed by atoms with van der Waals surface area (Å²) >= 11 is 0. The molecule has 0 fully saturated rings. The van der Waals surface area contributed by atoms with Crippen molar-refractivity contribution < 1.29 is 14.3 Å². The second-order valence-corrected chi connectivity index (χ2v) is 7.56. The van der Waals surface area contributed by atoms with E-state index in [4.69, 9.17) is 9.47 Å². The van der Waals surface area contributed by atoms with Gasteiger partial charge < -0.3 is 25.4 Å². The molecule has 1 heterocycles. The Bertz CT molecular complexity index is 851. The van der Waals surface area contributed by atoms with Gasteiger partial charge in [-0.3, -0.25) is 9.79 Å². The van der Waals surface area contributed by atoms with Gasteiger partial charge in [0.1, 0.15) is 0 Å². The van der Waals surface area contributed by atoms with E-state index in [1.165, 1.54) is 0 Å². The van der Waals surface area contributed by atoms with Crippen molar-refractivity contribution in [3.63, 3.8) is 0 Å². The summed E-state index contributed by atoms with van der Waals surface area (Å²) in [5, 5.41) is 9.04. The first-order valence-corrected chi connectivity index (χ1v) is 9.91. The highest BCUT2D eigenvalue weighted by Gasteiger charge is 2.13. The van der Waals surface area contributed by atoms with Gasteiger partial charge in [0.25, 0.3) is 0 Å². The lowest BCUT2D eigenvalue weighted by atomic mass is 10.1. The Morgan fingerprint density at radius 3 is 2.39 bits per heavy atom. The van der Waals surface area contributed by atoms with Crippen LogP contribution in [-0.4, -0.2) is 42.6 Å². The second-order valence-electron chi connectivity index (χ2n) is 7.56. The SMILES string of the molecule is CCOc1ccccc1Oc1ccc(CNC(=NC)NCC(=O)NC(C)(C)C)cn1.I. The molecular weight excluding hydrogens is 509 g/mol. The van der Waals surface area contributed by atoms with Crippen LogP contribution in [-0.2, 0) is 11.3 Å². The normalized spacial score (nSPS) is 11.2. The highest BCUT2D eigenvalue weighted by atomic mass is 127. The molecule has 1 aromatic heterocycles. The number of benzene rings is 1. The molecule has 0 aliphatic carbocycles. The zero-order valence-corrected chi connectivity index (χ0v) is 21.0. The summed E-state index contributed by atoms with van der Waals surface area (Å²) in [6, 6.07) is 11.2. The minimum Gasteiger partial charge on any atom is -0.490 e. The fourth-order valence-electron chi connectivity index (χ4n) is 2.53. The summed E-state index contributed by atoms with van der Waals surface area (Å²) in [5.74, 6) is 2.21. The number of nitrogens with zero attached hydrogens (tertiary/aromatic N) is 2. The molecule has 31 heavy (non-hydrogen) atoms. The van der Waals surface area contributed by atoms with E-state index in [1.54, 1.807) is 19.3 Å². The third kappa shape index (κ3) is 9.86. The molecule has 0 atom stereocenters. The van der Waals surface area contributed by atoms with E-state index < -0.39 is 0 Å². The lowest BCUT2D eigenvalue weighted by molar-refractivity contribution is -0.121. The van der Waals surface area contributed by atoms with E-state index in [1.807, 2.05) is 58.0 Å². The lowest BCUT2D eigenvalue weighted by Gasteiger charge is -2.21. The van der Waals surface area contributed by atoms with Crippen LogP contribution in [0.1, 0.15) is 33.3 Å². The van der Waals surface area contributed by atoms with Crippen molar-refractivity contribution in [2.24, 2.45) is 4.99 Å². The van der Waals surface area contributed by atoms with Crippen molar-refractivity contribution in [3.8, 4) is 17.4 Å². The van der Waals surface area contributed by atoms with E-state index >= 15 is 0 Å². The Hall–Kier alpha value is -2.56. The molecule has 0 aliphatic rings. The number of hydrogen-bond donors (Lipinski definition) is 3. The number of rotatable bonds is 8. The fraction of sp³-hybridized carbons (Fsp3) is 0.409. The van der Waals surface area contributed by atoms with Crippen LogP contribution in [0.3, 0.4) is 0 Å².